The number of anilines is 1. The molecule has 3 rings (SSSR count). The lowest BCUT2D eigenvalue weighted by Crippen LogP contribution is -1.97. The first-order chi connectivity index (χ1) is 10.6. The van der Waals surface area contributed by atoms with Gasteiger partial charge in [0.05, 0.1) is 17.4 Å². The Labute approximate surface area is 129 Å². The van der Waals surface area contributed by atoms with Crippen molar-refractivity contribution in [3.8, 4) is 0 Å². The van der Waals surface area contributed by atoms with Crippen LogP contribution in [0.5, 0.6) is 0 Å². The van der Waals surface area contributed by atoms with Gasteiger partial charge in [-0.2, -0.15) is 5.10 Å². The van der Waals surface area contributed by atoms with Gasteiger partial charge in [-0.3, -0.25) is 10.4 Å². The van der Waals surface area contributed by atoms with Crippen LogP contribution in [0.15, 0.2) is 47.6 Å². The Balaban J connectivity index is 1.87. The number of aryl methyl sites for hydroxylation is 3. The number of benzene rings is 1. The average Bonchev–Trinajstić information content (AvgIpc) is 2.49. The normalized spacial score (nSPS) is 11.2. The molecule has 4 nitrogen and oxygen atoms in total. The number of rotatable bonds is 3. The van der Waals surface area contributed by atoms with E-state index in [4.69, 9.17) is 0 Å². The molecule has 0 saturated carbocycles. The summed E-state index contributed by atoms with van der Waals surface area (Å²) in [5.41, 5.74) is 8.13. The number of hydrogen-bond donors (Lipinski definition) is 1. The van der Waals surface area contributed by atoms with E-state index in [9.17, 15) is 0 Å². The van der Waals surface area contributed by atoms with Crippen LogP contribution < -0.4 is 5.43 Å². The van der Waals surface area contributed by atoms with E-state index >= 15 is 0 Å². The summed E-state index contributed by atoms with van der Waals surface area (Å²) in [6, 6.07) is 14.1. The Morgan fingerprint density at radius 2 is 1.77 bits per heavy atom. The third kappa shape index (κ3) is 2.96. The fraction of sp³-hybridized carbons (Fsp3) is 0.167. The van der Waals surface area contributed by atoms with Crippen LogP contribution in [-0.2, 0) is 0 Å². The highest BCUT2D eigenvalue weighted by atomic mass is 15.3. The Bertz CT molecular complexity index is 853. The molecular weight excluding hydrogens is 272 g/mol. The number of nitrogens with zero attached hydrogens (tertiary/aromatic N) is 3. The third-order valence-electron chi connectivity index (χ3n) is 3.53. The molecule has 0 radical (unpaired) electrons. The van der Waals surface area contributed by atoms with Gasteiger partial charge in [0.15, 0.2) is 0 Å². The Kier molecular flexibility index (Phi) is 3.83. The van der Waals surface area contributed by atoms with Gasteiger partial charge in [0, 0.05) is 11.1 Å². The quantitative estimate of drug-likeness (QED) is 0.586. The van der Waals surface area contributed by atoms with Crippen molar-refractivity contribution in [1.82, 2.24) is 9.97 Å². The molecule has 0 aliphatic carbocycles. The summed E-state index contributed by atoms with van der Waals surface area (Å²) in [6.07, 6.45) is 1.70. The number of nitrogens with one attached hydrogen (secondary N) is 1. The van der Waals surface area contributed by atoms with Crippen molar-refractivity contribution in [2.45, 2.75) is 20.8 Å². The second kappa shape index (κ2) is 5.93. The van der Waals surface area contributed by atoms with Gasteiger partial charge in [0.2, 0.25) is 0 Å². The number of fused-ring (bicyclic) bond motifs is 1. The van der Waals surface area contributed by atoms with E-state index < -0.39 is 0 Å². The zero-order valence-electron chi connectivity index (χ0n) is 13.0. The Morgan fingerprint density at radius 3 is 2.59 bits per heavy atom. The number of para-hydroxylation sites is 1. The van der Waals surface area contributed by atoms with Gasteiger partial charge in [-0.15, -0.1) is 0 Å². The predicted molar refractivity (Wildman–Crippen MR) is 91.4 cm³/mol. The molecule has 2 heterocycles. The minimum absolute atomic E-state index is 0.739. The molecule has 0 aliphatic heterocycles. The molecule has 0 amide bonds. The first-order valence-electron chi connectivity index (χ1n) is 7.23. The van der Waals surface area contributed by atoms with E-state index in [1.807, 2.05) is 31.2 Å². The van der Waals surface area contributed by atoms with Gasteiger partial charge in [-0.1, -0.05) is 24.3 Å². The first-order valence-corrected chi connectivity index (χ1v) is 7.23. The summed E-state index contributed by atoms with van der Waals surface area (Å²) < 4.78 is 0. The second-order valence-corrected chi connectivity index (χ2v) is 5.37. The van der Waals surface area contributed by atoms with Gasteiger partial charge in [0.1, 0.15) is 5.82 Å². The number of hydrazone groups is 1. The molecule has 1 aromatic carbocycles. The molecule has 0 fully saturated rings. The Hall–Kier alpha value is -2.75. The maximum absolute atomic E-state index is 4.64. The molecule has 22 heavy (non-hydrogen) atoms. The number of hydrogen-bond acceptors (Lipinski definition) is 4. The monoisotopic (exact) mass is 290 g/mol. The van der Waals surface area contributed by atoms with E-state index in [0.29, 0.717) is 0 Å². The standard InChI is InChI=1S/C18H18N4/c1-12-6-4-9-16-13(2)10-17(21-18(12)16)22-19-11-15-8-5-7-14(3)20-15/h4-11H,1-3H3,(H,21,22)/b19-11-. The SMILES string of the molecule is Cc1cccc(/C=N\Nc2cc(C)c3cccc(C)c3n2)n1. The fourth-order valence-electron chi connectivity index (χ4n) is 2.42. The number of aromatic nitrogens is 2. The molecule has 0 unspecified atom stereocenters. The molecule has 4 heteroatoms. The summed E-state index contributed by atoms with van der Waals surface area (Å²) in [5.74, 6) is 0.739. The van der Waals surface area contributed by atoms with Crippen LogP contribution in [0.4, 0.5) is 5.82 Å². The van der Waals surface area contributed by atoms with Crippen LogP contribution >= 0.6 is 0 Å². The van der Waals surface area contributed by atoms with E-state index in [1.165, 1.54) is 10.9 Å². The molecule has 110 valence electrons. The van der Waals surface area contributed by atoms with Crippen LogP contribution in [-0.4, -0.2) is 16.2 Å². The van der Waals surface area contributed by atoms with Crippen molar-refractivity contribution in [3.63, 3.8) is 0 Å². The highest BCUT2D eigenvalue weighted by Crippen LogP contribution is 2.22. The predicted octanol–water partition coefficient (Wildman–Crippen LogP) is 4.00. The van der Waals surface area contributed by atoms with Crippen molar-refractivity contribution in [2.75, 3.05) is 5.43 Å². The lowest BCUT2D eigenvalue weighted by Gasteiger charge is -2.07. The summed E-state index contributed by atoms with van der Waals surface area (Å²) in [6.45, 7) is 6.11. The summed E-state index contributed by atoms with van der Waals surface area (Å²) in [7, 11) is 0. The van der Waals surface area contributed by atoms with Crippen LogP contribution in [0.1, 0.15) is 22.5 Å². The molecule has 3 aromatic rings. The Morgan fingerprint density at radius 1 is 0.955 bits per heavy atom. The van der Waals surface area contributed by atoms with Crippen molar-refractivity contribution < 1.29 is 0 Å². The van der Waals surface area contributed by atoms with Gasteiger partial charge >= 0.3 is 0 Å². The van der Waals surface area contributed by atoms with Crippen LogP contribution in [0.3, 0.4) is 0 Å². The molecule has 0 atom stereocenters. The minimum atomic E-state index is 0.739. The maximum atomic E-state index is 4.64. The average molecular weight is 290 g/mol. The fourth-order valence-corrected chi connectivity index (χ4v) is 2.42. The molecule has 2 aromatic heterocycles. The van der Waals surface area contributed by atoms with Gasteiger partial charge < -0.3 is 0 Å². The topological polar surface area (TPSA) is 50.2 Å². The van der Waals surface area contributed by atoms with Crippen LogP contribution in [0.2, 0.25) is 0 Å². The van der Waals surface area contributed by atoms with Gasteiger partial charge in [0.25, 0.3) is 0 Å². The van der Waals surface area contributed by atoms with E-state index in [-0.39, 0.29) is 0 Å². The molecular formula is C18H18N4. The molecule has 0 aliphatic rings. The highest BCUT2D eigenvalue weighted by Gasteiger charge is 2.04. The minimum Gasteiger partial charge on any atom is -0.261 e. The van der Waals surface area contributed by atoms with Crippen LogP contribution in [0, 0.1) is 20.8 Å². The largest absolute Gasteiger partial charge is 0.261 e. The zero-order valence-corrected chi connectivity index (χ0v) is 13.0. The maximum Gasteiger partial charge on any atom is 0.147 e. The van der Waals surface area contributed by atoms with E-state index in [1.54, 1.807) is 6.21 Å². The first kappa shape index (κ1) is 14.2. The summed E-state index contributed by atoms with van der Waals surface area (Å²) >= 11 is 0. The van der Waals surface area contributed by atoms with Gasteiger partial charge in [-0.05, 0) is 50.1 Å². The van der Waals surface area contributed by atoms with Crippen molar-refractivity contribution >= 4 is 22.9 Å². The highest BCUT2D eigenvalue weighted by molar-refractivity contribution is 5.86. The van der Waals surface area contributed by atoms with Crippen molar-refractivity contribution in [3.05, 3.63) is 65.0 Å². The summed E-state index contributed by atoms with van der Waals surface area (Å²) in [5, 5.41) is 5.41. The summed E-state index contributed by atoms with van der Waals surface area (Å²) in [4.78, 5) is 9.02. The van der Waals surface area contributed by atoms with E-state index in [2.05, 4.69) is 52.5 Å². The zero-order chi connectivity index (χ0) is 15.5. The third-order valence-corrected chi connectivity index (χ3v) is 3.53. The molecule has 0 bridgehead atoms. The second-order valence-electron chi connectivity index (χ2n) is 5.37. The van der Waals surface area contributed by atoms with Gasteiger partial charge in [-0.25, -0.2) is 4.98 Å². The lowest BCUT2D eigenvalue weighted by atomic mass is 10.1. The number of pyridine rings is 2. The van der Waals surface area contributed by atoms with Crippen molar-refractivity contribution in [2.24, 2.45) is 5.10 Å². The van der Waals surface area contributed by atoms with Crippen LogP contribution in [0.25, 0.3) is 10.9 Å². The molecule has 0 saturated heterocycles. The van der Waals surface area contributed by atoms with E-state index in [0.717, 1.165) is 28.3 Å². The lowest BCUT2D eigenvalue weighted by molar-refractivity contribution is 1.18. The molecule has 0 spiro atoms. The van der Waals surface area contributed by atoms with Crippen molar-refractivity contribution in [1.29, 1.82) is 0 Å². The smallest absolute Gasteiger partial charge is 0.147 e. The molecule has 1 N–H and O–H groups in total.